The molecule has 0 bridgehead atoms. The van der Waals surface area contributed by atoms with Crippen molar-refractivity contribution in [2.45, 2.75) is 39.2 Å². The second-order valence-electron chi connectivity index (χ2n) is 6.46. The van der Waals surface area contributed by atoms with E-state index < -0.39 is 5.97 Å². The number of esters is 1. The molecule has 6 heteroatoms. The molecule has 0 N–H and O–H groups in total. The van der Waals surface area contributed by atoms with Crippen LogP contribution in [-0.2, 0) is 22.3 Å². The van der Waals surface area contributed by atoms with Gasteiger partial charge in [-0.15, -0.1) is 0 Å². The Hall–Kier alpha value is -2.47. The van der Waals surface area contributed by atoms with Crippen LogP contribution >= 0.6 is 0 Å². The summed E-state index contributed by atoms with van der Waals surface area (Å²) >= 11 is 0. The fraction of sp³-hybridized carbons (Fsp3) is 0.429. The van der Waals surface area contributed by atoms with Gasteiger partial charge in [-0.2, -0.15) is 0 Å². The summed E-state index contributed by atoms with van der Waals surface area (Å²) in [6.07, 6.45) is 2.02. The topological polar surface area (TPSA) is 57.7 Å². The van der Waals surface area contributed by atoms with E-state index >= 15 is 0 Å². The number of rotatable bonds is 6. The fourth-order valence-corrected chi connectivity index (χ4v) is 3.26. The summed E-state index contributed by atoms with van der Waals surface area (Å²) in [5, 5.41) is 0. The molecule has 0 saturated heterocycles. The lowest BCUT2D eigenvalue weighted by molar-refractivity contribution is 0.0506. The zero-order valence-corrected chi connectivity index (χ0v) is 15.9. The van der Waals surface area contributed by atoms with E-state index in [4.69, 9.17) is 14.2 Å². The smallest absolute Gasteiger partial charge is 0.357 e. The molecule has 0 fully saturated rings. The van der Waals surface area contributed by atoms with Crippen LogP contribution in [0.15, 0.2) is 24.3 Å². The van der Waals surface area contributed by atoms with Crippen molar-refractivity contribution in [3.8, 4) is 17.0 Å². The molecular weight excluding hydrogens is 349 g/mol. The van der Waals surface area contributed by atoms with Gasteiger partial charge in [-0.05, 0) is 49.4 Å². The van der Waals surface area contributed by atoms with Crippen molar-refractivity contribution in [3.05, 3.63) is 46.9 Å². The Morgan fingerprint density at radius 1 is 1.30 bits per heavy atom. The van der Waals surface area contributed by atoms with Crippen molar-refractivity contribution in [2.24, 2.45) is 0 Å². The number of aryl methyl sites for hydroxylation is 1. The summed E-state index contributed by atoms with van der Waals surface area (Å²) < 4.78 is 30.9. The first-order valence-corrected chi connectivity index (χ1v) is 9.22. The van der Waals surface area contributed by atoms with Gasteiger partial charge in [-0.3, -0.25) is 0 Å². The quantitative estimate of drug-likeness (QED) is 0.717. The maximum atomic E-state index is 14.8. The van der Waals surface area contributed by atoms with Gasteiger partial charge in [0.05, 0.1) is 13.2 Å². The molecule has 1 aliphatic heterocycles. The number of nitrogens with zero attached hydrogens (tertiary/aromatic N) is 1. The van der Waals surface area contributed by atoms with Crippen LogP contribution in [0.1, 0.15) is 41.9 Å². The van der Waals surface area contributed by atoms with Gasteiger partial charge in [0.25, 0.3) is 0 Å². The van der Waals surface area contributed by atoms with E-state index in [9.17, 15) is 9.18 Å². The van der Waals surface area contributed by atoms with Gasteiger partial charge in [-0.1, -0.05) is 19.1 Å². The largest absolute Gasteiger partial charge is 0.472 e. The lowest BCUT2D eigenvalue weighted by Crippen LogP contribution is -2.28. The number of hydrogen-bond donors (Lipinski definition) is 0. The lowest BCUT2D eigenvalue weighted by Gasteiger charge is -2.27. The Morgan fingerprint density at radius 3 is 2.78 bits per heavy atom. The van der Waals surface area contributed by atoms with Crippen molar-refractivity contribution in [1.29, 1.82) is 0 Å². The van der Waals surface area contributed by atoms with Crippen molar-refractivity contribution >= 4 is 5.97 Å². The standard InChI is InChI=1S/C21H24FNO4/c1-4-13-6-8-15(18(22)10-13)17-11-19(21(24)26-5-2)23-20-16(17)9-7-14(27-20)12-25-3/h6,8,10-11,14H,4-5,7,9,12H2,1-3H3/t14-/m1/s1. The van der Waals surface area contributed by atoms with E-state index in [0.29, 0.717) is 30.0 Å². The summed E-state index contributed by atoms with van der Waals surface area (Å²) in [6, 6.07) is 6.77. The molecule has 3 rings (SSSR count). The molecular formula is C21H24FNO4. The molecule has 1 atom stereocenters. The molecule has 0 aliphatic carbocycles. The van der Waals surface area contributed by atoms with Crippen molar-refractivity contribution in [2.75, 3.05) is 20.3 Å². The fourth-order valence-electron chi connectivity index (χ4n) is 3.26. The molecule has 0 amide bonds. The number of hydrogen-bond acceptors (Lipinski definition) is 5. The highest BCUT2D eigenvalue weighted by atomic mass is 19.1. The first-order valence-electron chi connectivity index (χ1n) is 9.22. The van der Waals surface area contributed by atoms with Crippen molar-refractivity contribution in [3.63, 3.8) is 0 Å². The predicted octanol–water partition coefficient (Wildman–Crippen LogP) is 3.97. The second-order valence-corrected chi connectivity index (χ2v) is 6.46. The Kier molecular flexibility index (Phi) is 6.06. The van der Waals surface area contributed by atoms with Crippen LogP contribution in [0.2, 0.25) is 0 Å². The number of benzene rings is 1. The van der Waals surface area contributed by atoms with Gasteiger partial charge in [0, 0.05) is 18.2 Å². The normalized spacial score (nSPS) is 15.8. The van der Waals surface area contributed by atoms with Gasteiger partial charge in [-0.25, -0.2) is 14.2 Å². The number of ether oxygens (including phenoxy) is 3. The summed E-state index contributed by atoms with van der Waals surface area (Å²) in [4.78, 5) is 16.6. The molecule has 0 unspecified atom stereocenters. The van der Waals surface area contributed by atoms with E-state index in [-0.39, 0.29) is 24.2 Å². The Labute approximate surface area is 158 Å². The zero-order chi connectivity index (χ0) is 19.4. The minimum atomic E-state index is -0.551. The number of halogens is 1. The third kappa shape index (κ3) is 4.11. The maximum absolute atomic E-state index is 14.8. The van der Waals surface area contributed by atoms with Crippen LogP contribution in [0.3, 0.4) is 0 Å². The Balaban J connectivity index is 2.10. The molecule has 144 valence electrons. The molecule has 1 aromatic heterocycles. The third-order valence-electron chi connectivity index (χ3n) is 4.65. The number of carbonyl (C=O) groups excluding carboxylic acids is 1. The Bertz CT molecular complexity index is 837. The number of methoxy groups -OCH3 is 1. The van der Waals surface area contributed by atoms with Gasteiger partial charge in [0.1, 0.15) is 11.9 Å². The molecule has 2 heterocycles. The van der Waals surface area contributed by atoms with Gasteiger partial charge in [0.2, 0.25) is 5.88 Å². The van der Waals surface area contributed by atoms with Gasteiger partial charge >= 0.3 is 5.97 Å². The highest BCUT2D eigenvalue weighted by Gasteiger charge is 2.27. The summed E-state index contributed by atoms with van der Waals surface area (Å²) in [6.45, 7) is 4.37. The molecule has 0 spiro atoms. The number of pyridine rings is 1. The molecule has 1 aromatic carbocycles. The first kappa shape index (κ1) is 19.3. The zero-order valence-electron chi connectivity index (χ0n) is 15.9. The highest BCUT2D eigenvalue weighted by molar-refractivity contribution is 5.90. The second kappa shape index (κ2) is 8.48. The molecule has 27 heavy (non-hydrogen) atoms. The first-order chi connectivity index (χ1) is 13.1. The summed E-state index contributed by atoms with van der Waals surface area (Å²) in [5.41, 5.74) is 2.90. The van der Waals surface area contributed by atoms with Crippen molar-refractivity contribution < 1.29 is 23.4 Å². The average Bonchev–Trinajstić information content (AvgIpc) is 2.67. The molecule has 2 aromatic rings. The van der Waals surface area contributed by atoms with Crippen LogP contribution in [0.25, 0.3) is 11.1 Å². The van der Waals surface area contributed by atoms with Gasteiger partial charge in [0.15, 0.2) is 5.69 Å². The maximum Gasteiger partial charge on any atom is 0.357 e. The Morgan fingerprint density at radius 2 is 2.11 bits per heavy atom. The molecule has 0 radical (unpaired) electrons. The minimum absolute atomic E-state index is 0.114. The van der Waals surface area contributed by atoms with Crippen LogP contribution in [-0.4, -0.2) is 37.4 Å². The average molecular weight is 373 g/mol. The highest BCUT2D eigenvalue weighted by Crippen LogP contribution is 2.37. The van der Waals surface area contributed by atoms with Crippen LogP contribution < -0.4 is 4.74 Å². The number of aromatic nitrogens is 1. The summed E-state index contributed by atoms with van der Waals surface area (Å²) in [5.74, 6) is -0.524. The summed E-state index contributed by atoms with van der Waals surface area (Å²) in [7, 11) is 1.61. The van der Waals surface area contributed by atoms with E-state index in [1.807, 2.05) is 13.0 Å². The number of carbonyl (C=O) groups is 1. The minimum Gasteiger partial charge on any atom is -0.472 e. The molecule has 5 nitrogen and oxygen atoms in total. The van der Waals surface area contributed by atoms with E-state index in [0.717, 1.165) is 24.0 Å². The predicted molar refractivity (Wildman–Crippen MR) is 99.6 cm³/mol. The lowest BCUT2D eigenvalue weighted by atomic mass is 9.93. The third-order valence-corrected chi connectivity index (χ3v) is 4.65. The van der Waals surface area contributed by atoms with Crippen LogP contribution in [0.4, 0.5) is 4.39 Å². The number of fused-ring (bicyclic) bond motifs is 1. The van der Waals surface area contributed by atoms with E-state index in [1.54, 1.807) is 26.2 Å². The van der Waals surface area contributed by atoms with E-state index in [1.165, 1.54) is 6.07 Å². The molecule has 1 aliphatic rings. The monoisotopic (exact) mass is 373 g/mol. The SMILES string of the molecule is CCOC(=O)c1cc(-c2ccc(CC)cc2F)c2c(n1)O[C@@H](COC)CC2. The van der Waals surface area contributed by atoms with Crippen LogP contribution in [0.5, 0.6) is 5.88 Å². The van der Waals surface area contributed by atoms with Crippen molar-refractivity contribution in [1.82, 2.24) is 4.98 Å². The van der Waals surface area contributed by atoms with E-state index in [2.05, 4.69) is 4.98 Å². The molecule has 0 saturated carbocycles. The van der Waals surface area contributed by atoms with Gasteiger partial charge < -0.3 is 14.2 Å². The van der Waals surface area contributed by atoms with Crippen LogP contribution in [0, 0.1) is 5.82 Å².